The second kappa shape index (κ2) is 3.90. The Morgan fingerprint density at radius 3 is 2.21 bits per heavy atom. The van der Waals surface area contributed by atoms with Crippen molar-refractivity contribution in [2.24, 2.45) is 0 Å². The molecule has 0 amide bonds. The molecule has 0 aromatic carbocycles. The molecule has 6 heteroatoms. The highest BCUT2D eigenvalue weighted by Crippen LogP contribution is 2.53. The van der Waals surface area contributed by atoms with Gasteiger partial charge in [0.25, 0.3) is 0 Å². The first-order valence-corrected chi connectivity index (χ1v) is 6.03. The van der Waals surface area contributed by atoms with E-state index in [1.54, 1.807) is 6.08 Å². The third kappa shape index (κ3) is 2.01. The van der Waals surface area contributed by atoms with E-state index in [9.17, 15) is 14.4 Å². The Labute approximate surface area is 102 Å². The number of carbonyl (C=O) groups excluding carboxylic acids is 3. The number of alkyl halides is 2. The van der Waals surface area contributed by atoms with Gasteiger partial charge < -0.3 is 0 Å². The first-order valence-electron chi connectivity index (χ1n) is 3.63. The van der Waals surface area contributed by atoms with Crippen molar-refractivity contribution < 1.29 is 14.4 Å². The number of hydrogen-bond donors (Lipinski definition) is 0. The van der Waals surface area contributed by atoms with Crippen molar-refractivity contribution in [1.82, 2.24) is 0 Å². The summed E-state index contributed by atoms with van der Waals surface area (Å²) in [5.74, 6) is -1.08. The molecule has 1 rings (SSSR count). The van der Waals surface area contributed by atoms with Gasteiger partial charge in [-0.05, 0) is 13.0 Å². The number of rotatable bonds is 3. The molecule has 3 nitrogen and oxygen atoms in total. The minimum absolute atomic E-state index is 0.181. The molecule has 0 spiro atoms. The van der Waals surface area contributed by atoms with Crippen LogP contribution in [0.2, 0.25) is 0 Å². The van der Waals surface area contributed by atoms with Gasteiger partial charge in [-0.25, -0.2) is 0 Å². The maximum atomic E-state index is 11.4. The summed E-state index contributed by atoms with van der Waals surface area (Å²) in [7, 11) is 0. The predicted octanol–water partition coefficient (Wildman–Crippen LogP) is 1.83. The molecule has 0 aliphatic carbocycles. The predicted molar refractivity (Wildman–Crippen MR) is 61.8 cm³/mol. The minimum atomic E-state index is -1.37. The molecule has 0 aromatic rings. The molecular formula is C8H6Br2O3S. The van der Waals surface area contributed by atoms with Gasteiger partial charge >= 0.3 is 0 Å². The fourth-order valence-electron chi connectivity index (χ4n) is 1.08. The van der Waals surface area contributed by atoms with E-state index in [4.69, 9.17) is 0 Å². The fourth-order valence-corrected chi connectivity index (χ4v) is 3.87. The summed E-state index contributed by atoms with van der Waals surface area (Å²) in [4.78, 5) is 33.2. The number of Topliss-reactive ketones (excluding diaryl/α,β-unsaturated/α-hetero) is 2. The highest BCUT2D eigenvalue weighted by molar-refractivity contribution is 9.28. The monoisotopic (exact) mass is 340 g/mol. The van der Waals surface area contributed by atoms with Crippen molar-refractivity contribution in [3.8, 4) is 0 Å². The molecule has 0 bridgehead atoms. The summed E-state index contributed by atoms with van der Waals surface area (Å²) in [6.07, 6.45) is 3.25. The van der Waals surface area contributed by atoms with Crippen molar-refractivity contribution in [2.75, 3.05) is 0 Å². The van der Waals surface area contributed by atoms with Crippen molar-refractivity contribution in [3.05, 3.63) is 12.2 Å². The summed E-state index contributed by atoms with van der Waals surface area (Å²) in [5.41, 5.74) is 0. The summed E-state index contributed by atoms with van der Waals surface area (Å²) >= 11 is 7.56. The Morgan fingerprint density at radius 1 is 1.36 bits per heavy atom. The van der Waals surface area contributed by atoms with Crippen LogP contribution < -0.4 is 0 Å². The van der Waals surface area contributed by atoms with Crippen LogP contribution in [0.5, 0.6) is 0 Å². The van der Waals surface area contributed by atoms with E-state index >= 15 is 0 Å². The molecule has 0 aromatic heterocycles. The molecule has 0 N–H and O–H groups in total. The molecule has 0 radical (unpaired) electrons. The number of ketones is 2. The lowest BCUT2D eigenvalue weighted by Gasteiger charge is -2.22. The van der Waals surface area contributed by atoms with Gasteiger partial charge in [0.1, 0.15) is 2.57 Å². The van der Waals surface area contributed by atoms with Crippen LogP contribution in [0.1, 0.15) is 6.92 Å². The fraction of sp³-hybridized carbons (Fsp3) is 0.375. The number of hydrogen-bond acceptors (Lipinski definition) is 4. The quantitative estimate of drug-likeness (QED) is 0.258. The van der Waals surface area contributed by atoms with Gasteiger partial charge in [0.15, 0.2) is 16.8 Å². The Morgan fingerprint density at radius 2 is 1.93 bits per heavy atom. The van der Waals surface area contributed by atoms with Gasteiger partial charge in [-0.1, -0.05) is 37.9 Å². The Kier molecular flexibility index (Phi) is 3.38. The molecule has 1 aliphatic heterocycles. The highest BCUT2D eigenvalue weighted by Gasteiger charge is 2.50. The topological polar surface area (TPSA) is 51.2 Å². The SMILES string of the molecule is CC(=O)C1(C(=O)C=O)C=CC(Br)(Br)S1. The van der Waals surface area contributed by atoms with Crippen LogP contribution in [-0.2, 0) is 14.4 Å². The third-order valence-corrected chi connectivity index (χ3v) is 4.66. The van der Waals surface area contributed by atoms with E-state index in [-0.39, 0.29) is 12.1 Å². The number of aldehydes is 1. The lowest BCUT2D eigenvalue weighted by Crippen LogP contribution is -2.40. The number of halogens is 2. The molecule has 0 saturated carbocycles. The summed E-state index contributed by atoms with van der Waals surface area (Å²) < 4.78 is -2.01. The first kappa shape index (κ1) is 12.1. The van der Waals surface area contributed by atoms with Crippen LogP contribution >= 0.6 is 43.6 Å². The van der Waals surface area contributed by atoms with E-state index in [0.29, 0.717) is 0 Å². The first-order chi connectivity index (χ1) is 6.34. The van der Waals surface area contributed by atoms with Crippen LogP contribution in [0.15, 0.2) is 12.2 Å². The molecule has 0 saturated heterocycles. The Bertz CT molecular complexity index is 337. The zero-order valence-corrected chi connectivity index (χ0v) is 11.1. The lowest BCUT2D eigenvalue weighted by molar-refractivity contribution is -0.134. The Balaban J connectivity index is 3.12. The van der Waals surface area contributed by atoms with E-state index in [2.05, 4.69) is 31.9 Å². The lowest BCUT2D eigenvalue weighted by atomic mass is 9.99. The van der Waals surface area contributed by atoms with Gasteiger partial charge in [-0.2, -0.15) is 0 Å². The molecular weight excluding hydrogens is 336 g/mol. The van der Waals surface area contributed by atoms with Gasteiger partial charge in [0.2, 0.25) is 5.78 Å². The van der Waals surface area contributed by atoms with Gasteiger partial charge in [0.05, 0.1) is 0 Å². The van der Waals surface area contributed by atoms with Crippen molar-refractivity contribution in [3.63, 3.8) is 0 Å². The average molecular weight is 342 g/mol. The zero-order chi connectivity index (χ0) is 11.0. The van der Waals surface area contributed by atoms with Crippen molar-refractivity contribution in [1.29, 1.82) is 0 Å². The number of carbonyl (C=O) groups is 3. The van der Waals surface area contributed by atoms with Crippen LogP contribution in [0.3, 0.4) is 0 Å². The Hall–Kier alpha value is 0.0600. The molecule has 1 unspecified atom stereocenters. The molecule has 1 aliphatic rings. The molecule has 1 atom stereocenters. The maximum absolute atomic E-state index is 11.4. The van der Waals surface area contributed by atoms with Gasteiger partial charge in [-0.15, -0.1) is 11.8 Å². The molecule has 14 heavy (non-hydrogen) atoms. The molecule has 0 fully saturated rings. The van der Waals surface area contributed by atoms with Gasteiger partial charge in [0, 0.05) is 0 Å². The van der Waals surface area contributed by atoms with E-state index in [0.717, 1.165) is 11.8 Å². The minimum Gasteiger partial charge on any atom is -0.298 e. The zero-order valence-electron chi connectivity index (χ0n) is 7.12. The normalized spacial score (nSPS) is 28.8. The number of thioether (sulfide) groups is 1. The second-order valence-electron chi connectivity index (χ2n) is 2.77. The highest BCUT2D eigenvalue weighted by atomic mass is 79.9. The van der Waals surface area contributed by atoms with Gasteiger partial charge in [-0.3, -0.25) is 14.4 Å². The van der Waals surface area contributed by atoms with Crippen LogP contribution in [0, 0.1) is 0 Å². The molecule has 1 heterocycles. The second-order valence-corrected chi connectivity index (χ2v) is 8.88. The maximum Gasteiger partial charge on any atom is 0.222 e. The largest absolute Gasteiger partial charge is 0.298 e. The van der Waals surface area contributed by atoms with E-state index in [1.165, 1.54) is 13.0 Å². The van der Waals surface area contributed by atoms with Crippen LogP contribution in [-0.4, -0.2) is 25.2 Å². The average Bonchev–Trinajstić information content (AvgIpc) is 2.42. The summed E-state index contributed by atoms with van der Waals surface area (Å²) in [6, 6.07) is 0. The summed E-state index contributed by atoms with van der Waals surface area (Å²) in [5, 5.41) is 0. The smallest absolute Gasteiger partial charge is 0.222 e. The third-order valence-electron chi connectivity index (χ3n) is 1.81. The molecule has 76 valence electrons. The van der Waals surface area contributed by atoms with Crippen molar-refractivity contribution in [2.45, 2.75) is 14.2 Å². The van der Waals surface area contributed by atoms with E-state index < -0.39 is 13.1 Å². The van der Waals surface area contributed by atoms with Crippen LogP contribution in [0.4, 0.5) is 0 Å². The summed E-state index contributed by atoms with van der Waals surface area (Å²) in [6.45, 7) is 1.29. The standard InChI is InChI=1S/C8H6Br2O3S/c1-5(12)7(6(13)4-11)2-3-8(9,10)14-7/h2-4H,1H3. The van der Waals surface area contributed by atoms with Crippen molar-refractivity contribution >= 4 is 61.5 Å². The van der Waals surface area contributed by atoms with Crippen LogP contribution in [0.25, 0.3) is 0 Å². The van der Waals surface area contributed by atoms with E-state index in [1.807, 2.05) is 0 Å².